The first-order valence-corrected chi connectivity index (χ1v) is 5.72. The highest BCUT2D eigenvalue weighted by molar-refractivity contribution is 7.76. The van der Waals surface area contributed by atoms with Crippen LogP contribution in [-0.4, -0.2) is 38.9 Å². The maximum atomic E-state index is 10.8. The second-order valence-corrected chi connectivity index (χ2v) is 4.13. The highest BCUT2D eigenvalue weighted by Gasteiger charge is 2.22. The Balaban J connectivity index is 2.41. The minimum Gasteiger partial charge on any atom is -0.760 e. The van der Waals surface area contributed by atoms with Gasteiger partial charge in [0, 0.05) is 23.9 Å². The summed E-state index contributed by atoms with van der Waals surface area (Å²) in [5.41, 5.74) is 0. The lowest BCUT2D eigenvalue weighted by atomic mass is 10.1. The standard InChI is InChI=1S/C8H17NO3S/c1-2-3-4-8-7-12-6-5-9(8)13(10)11/h8H,2-7H2,1H3,(H,10,11)/p-1. The Bertz CT molecular complexity index is 177. The van der Waals surface area contributed by atoms with Crippen molar-refractivity contribution >= 4 is 11.3 Å². The molecule has 2 unspecified atom stereocenters. The molecule has 1 aliphatic rings. The molecule has 0 spiro atoms. The molecular weight excluding hydrogens is 190 g/mol. The van der Waals surface area contributed by atoms with Crippen LogP contribution in [0.3, 0.4) is 0 Å². The van der Waals surface area contributed by atoms with Crippen LogP contribution in [0, 0.1) is 0 Å². The fourth-order valence-corrected chi connectivity index (χ4v) is 2.14. The van der Waals surface area contributed by atoms with E-state index in [1.807, 2.05) is 0 Å². The maximum absolute atomic E-state index is 10.8. The first kappa shape index (κ1) is 11.1. The quantitative estimate of drug-likeness (QED) is 0.635. The smallest absolute Gasteiger partial charge is 0.0632 e. The zero-order valence-corrected chi connectivity index (χ0v) is 8.72. The van der Waals surface area contributed by atoms with Crippen molar-refractivity contribution in [3.63, 3.8) is 0 Å². The van der Waals surface area contributed by atoms with E-state index in [1.54, 1.807) is 0 Å². The van der Waals surface area contributed by atoms with Crippen molar-refractivity contribution in [1.29, 1.82) is 0 Å². The molecule has 0 bridgehead atoms. The maximum Gasteiger partial charge on any atom is 0.0632 e. The molecule has 1 rings (SSSR count). The zero-order valence-electron chi connectivity index (χ0n) is 7.90. The van der Waals surface area contributed by atoms with E-state index >= 15 is 0 Å². The zero-order chi connectivity index (χ0) is 9.68. The average molecular weight is 206 g/mol. The number of morpholine rings is 1. The van der Waals surface area contributed by atoms with Crippen molar-refractivity contribution in [1.82, 2.24) is 4.31 Å². The highest BCUT2D eigenvalue weighted by Crippen LogP contribution is 2.14. The predicted molar refractivity (Wildman–Crippen MR) is 49.8 cm³/mol. The van der Waals surface area contributed by atoms with Gasteiger partial charge in [-0.25, -0.2) is 4.31 Å². The van der Waals surface area contributed by atoms with Crippen LogP contribution >= 0.6 is 0 Å². The number of rotatable bonds is 4. The van der Waals surface area contributed by atoms with E-state index < -0.39 is 11.3 Å². The topological polar surface area (TPSA) is 52.6 Å². The average Bonchev–Trinajstić information content (AvgIpc) is 2.15. The largest absolute Gasteiger partial charge is 0.760 e. The minimum absolute atomic E-state index is 0.0621. The van der Waals surface area contributed by atoms with Gasteiger partial charge < -0.3 is 9.29 Å². The molecule has 0 aromatic rings. The molecule has 4 nitrogen and oxygen atoms in total. The fourth-order valence-electron chi connectivity index (χ4n) is 1.50. The van der Waals surface area contributed by atoms with Gasteiger partial charge in [0.05, 0.1) is 13.2 Å². The summed E-state index contributed by atoms with van der Waals surface area (Å²) in [6, 6.07) is 0.0621. The number of nitrogens with zero attached hydrogens (tertiary/aromatic N) is 1. The third-order valence-corrected chi connectivity index (χ3v) is 3.12. The lowest BCUT2D eigenvalue weighted by molar-refractivity contribution is 0.0280. The van der Waals surface area contributed by atoms with E-state index in [0.717, 1.165) is 19.3 Å². The molecule has 0 aliphatic carbocycles. The predicted octanol–water partition coefficient (Wildman–Crippen LogP) is 0.672. The van der Waals surface area contributed by atoms with E-state index in [-0.39, 0.29) is 6.04 Å². The van der Waals surface area contributed by atoms with E-state index in [9.17, 15) is 8.76 Å². The lowest BCUT2D eigenvalue weighted by Crippen LogP contribution is -2.46. The van der Waals surface area contributed by atoms with Crippen molar-refractivity contribution in [3.8, 4) is 0 Å². The first-order chi connectivity index (χ1) is 6.25. The summed E-state index contributed by atoms with van der Waals surface area (Å²) in [4.78, 5) is 0. The molecule has 0 aromatic heterocycles. The number of hydrogen-bond donors (Lipinski definition) is 0. The van der Waals surface area contributed by atoms with Crippen molar-refractivity contribution in [2.45, 2.75) is 32.2 Å². The third-order valence-electron chi connectivity index (χ3n) is 2.26. The normalized spacial score (nSPS) is 27.4. The van der Waals surface area contributed by atoms with Crippen molar-refractivity contribution in [2.24, 2.45) is 0 Å². The lowest BCUT2D eigenvalue weighted by Gasteiger charge is -2.36. The molecule has 1 fully saturated rings. The molecule has 2 atom stereocenters. The van der Waals surface area contributed by atoms with Gasteiger partial charge in [-0.3, -0.25) is 4.21 Å². The van der Waals surface area contributed by atoms with Crippen LogP contribution in [0.1, 0.15) is 26.2 Å². The van der Waals surface area contributed by atoms with Gasteiger partial charge in [0.25, 0.3) is 0 Å². The van der Waals surface area contributed by atoms with Crippen LogP contribution in [0.25, 0.3) is 0 Å². The Morgan fingerprint density at radius 2 is 2.46 bits per heavy atom. The molecule has 0 radical (unpaired) electrons. The van der Waals surface area contributed by atoms with Gasteiger partial charge in [0.1, 0.15) is 0 Å². The number of ether oxygens (including phenoxy) is 1. The summed E-state index contributed by atoms with van der Waals surface area (Å²) in [7, 11) is 0. The van der Waals surface area contributed by atoms with Crippen LogP contribution < -0.4 is 0 Å². The Morgan fingerprint density at radius 1 is 1.69 bits per heavy atom. The second kappa shape index (κ2) is 5.70. The Hall–Kier alpha value is 0.0300. The Labute approximate surface area is 81.7 Å². The summed E-state index contributed by atoms with van der Waals surface area (Å²) >= 11 is -2.08. The molecule has 0 saturated carbocycles. The molecule has 78 valence electrons. The molecule has 5 heteroatoms. The van der Waals surface area contributed by atoms with Gasteiger partial charge in [-0.05, 0) is 6.42 Å². The fraction of sp³-hybridized carbons (Fsp3) is 1.00. The highest BCUT2D eigenvalue weighted by atomic mass is 32.2. The van der Waals surface area contributed by atoms with Crippen LogP contribution in [0.4, 0.5) is 0 Å². The Kier molecular flexibility index (Phi) is 4.87. The molecule has 0 N–H and O–H groups in total. The minimum atomic E-state index is -2.08. The molecule has 13 heavy (non-hydrogen) atoms. The Morgan fingerprint density at radius 3 is 3.08 bits per heavy atom. The summed E-state index contributed by atoms with van der Waals surface area (Å²) < 4.78 is 28.3. The van der Waals surface area contributed by atoms with Gasteiger partial charge in [0.2, 0.25) is 0 Å². The van der Waals surface area contributed by atoms with Crippen molar-refractivity contribution in [3.05, 3.63) is 0 Å². The van der Waals surface area contributed by atoms with Gasteiger partial charge in [-0.15, -0.1) is 0 Å². The van der Waals surface area contributed by atoms with Gasteiger partial charge in [-0.1, -0.05) is 19.8 Å². The molecule has 1 saturated heterocycles. The molecular formula is C8H16NO3S-. The van der Waals surface area contributed by atoms with Crippen molar-refractivity contribution in [2.75, 3.05) is 19.8 Å². The molecule has 0 aromatic carbocycles. The summed E-state index contributed by atoms with van der Waals surface area (Å²) in [5.74, 6) is 0. The first-order valence-electron chi connectivity index (χ1n) is 4.69. The monoisotopic (exact) mass is 206 g/mol. The van der Waals surface area contributed by atoms with E-state index in [2.05, 4.69) is 6.92 Å². The van der Waals surface area contributed by atoms with E-state index in [0.29, 0.717) is 19.8 Å². The van der Waals surface area contributed by atoms with Crippen LogP contribution in [-0.2, 0) is 16.0 Å². The van der Waals surface area contributed by atoms with Crippen LogP contribution in [0.5, 0.6) is 0 Å². The molecule has 1 aliphatic heterocycles. The van der Waals surface area contributed by atoms with Gasteiger partial charge in [0.15, 0.2) is 0 Å². The van der Waals surface area contributed by atoms with E-state index in [4.69, 9.17) is 4.74 Å². The van der Waals surface area contributed by atoms with Gasteiger partial charge >= 0.3 is 0 Å². The SMILES string of the molecule is CCCCC1COCCN1S(=O)[O-]. The summed E-state index contributed by atoms with van der Waals surface area (Å²) in [5, 5.41) is 0. The number of unbranched alkanes of at least 4 members (excludes halogenated alkanes) is 1. The van der Waals surface area contributed by atoms with E-state index in [1.165, 1.54) is 4.31 Å². The summed E-state index contributed by atoms with van der Waals surface area (Å²) in [6.45, 7) is 3.68. The molecule has 0 amide bonds. The second-order valence-electron chi connectivity index (χ2n) is 3.23. The molecule has 1 heterocycles. The van der Waals surface area contributed by atoms with Crippen LogP contribution in [0.15, 0.2) is 0 Å². The third kappa shape index (κ3) is 3.34. The summed E-state index contributed by atoms with van der Waals surface area (Å²) in [6.07, 6.45) is 3.06. The van der Waals surface area contributed by atoms with Crippen LogP contribution in [0.2, 0.25) is 0 Å². The van der Waals surface area contributed by atoms with Crippen molar-refractivity contribution < 1.29 is 13.5 Å². The number of hydrogen-bond acceptors (Lipinski definition) is 3. The van der Waals surface area contributed by atoms with Gasteiger partial charge in [-0.2, -0.15) is 0 Å².